The Kier molecular flexibility index (Phi) is 5.55. The van der Waals surface area contributed by atoms with E-state index >= 15 is 0 Å². The molecule has 2 aliphatic rings. The second kappa shape index (κ2) is 7.44. The number of anilines is 1. The SMILES string of the molecule is C=CCN1C(=O)/C(=C\c2cc3c(cc2C)N(CC)C(C)(C)CC3C)SC1=S. The maximum absolute atomic E-state index is 12.7. The maximum Gasteiger partial charge on any atom is 0.266 e. The van der Waals surface area contributed by atoms with Gasteiger partial charge in [0.25, 0.3) is 5.91 Å². The quantitative estimate of drug-likeness (QED) is 0.378. The number of thioether (sulfide) groups is 1. The fraction of sp³-hybridized carbons (Fsp3) is 0.455. The van der Waals surface area contributed by atoms with Gasteiger partial charge in [0.05, 0.1) is 4.91 Å². The third kappa shape index (κ3) is 3.59. The zero-order valence-corrected chi connectivity index (χ0v) is 18.5. The summed E-state index contributed by atoms with van der Waals surface area (Å²) in [7, 11) is 0. The minimum atomic E-state index is -0.0219. The topological polar surface area (TPSA) is 23.6 Å². The van der Waals surface area contributed by atoms with Crippen molar-refractivity contribution in [3.05, 3.63) is 46.4 Å². The first-order valence-corrected chi connectivity index (χ1v) is 10.7. The summed E-state index contributed by atoms with van der Waals surface area (Å²) in [6.07, 6.45) is 4.83. The lowest BCUT2D eigenvalue weighted by atomic mass is 9.79. The highest BCUT2D eigenvalue weighted by Crippen LogP contribution is 2.44. The normalized spacial score (nSPS) is 23.1. The summed E-state index contributed by atoms with van der Waals surface area (Å²) < 4.78 is 0.606. The van der Waals surface area contributed by atoms with Crippen LogP contribution in [0, 0.1) is 6.92 Å². The van der Waals surface area contributed by atoms with Crippen molar-refractivity contribution in [3.63, 3.8) is 0 Å². The van der Waals surface area contributed by atoms with Crippen LogP contribution in [0.4, 0.5) is 5.69 Å². The van der Waals surface area contributed by atoms with Crippen molar-refractivity contribution in [2.24, 2.45) is 0 Å². The summed E-state index contributed by atoms with van der Waals surface area (Å²) in [5, 5.41) is 0. The van der Waals surface area contributed by atoms with Gasteiger partial charge in [0.15, 0.2) is 0 Å². The Morgan fingerprint density at radius 2 is 2.11 bits per heavy atom. The molecule has 27 heavy (non-hydrogen) atoms. The number of hydrogen-bond donors (Lipinski definition) is 0. The second-order valence-corrected chi connectivity index (χ2v) is 9.69. The Hall–Kier alpha value is -1.59. The Balaban J connectivity index is 2.03. The number of amides is 1. The van der Waals surface area contributed by atoms with Crippen molar-refractivity contribution in [2.75, 3.05) is 18.0 Å². The average Bonchev–Trinajstić information content (AvgIpc) is 2.84. The van der Waals surface area contributed by atoms with Crippen LogP contribution < -0.4 is 4.90 Å². The standard InChI is InChI=1S/C22H28N2OS2/c1-7-9-23-20(25)19(27-21(23)26)12-16-11-17-15(4)13-22(5,6)24(8-2)18(17)10-14(16)3/h7,10-12,15H,1,8-9,13H2,2-6H3/b19-12+. The van der Waals surface area contributed by atoms with Gasteiger partial charge >= 0.3 is 0 Å². The molecule has 1 fully saturated rings. The van der Waals surface area contributed by atoms with Gasteiger partial charge < -0.3 is 4.90 Å². The van der Waals surface area contributed by atoms with E-state index in [2.05, 4.69) is 58.2 Å². The molecule has 0 aromatic heterocycles. The predicted molar refractivity (Wildman–Crippen MR) is 121 cm³/mol. The minimum absolute atomic E-state index is 0.0219. The lowest BCUT2D eigenvalue weighted by Crippen LogP contribution is -2.48. The van der Waals surface area contributed by atoms with Crippen LogP contribution in [0.3, 0.4) is 0 Å². The molecule has 0 radical (unpaired) electrons. The Labute approximate surface area is 172 Å². The van der Waals surface area contributed by atoms with Gasteiger partial charge in [0.1, 0.15) is 4.32 Å². The summed E-state index contributed by atoms with van der Waals surface area (Å²) >= 11 is 6.73. The number of fused-ring (bicyclic) bond motifs is 1. The van der Waals surface area contributed by atoms with Gasteiger partial charge in [-0.25, -0.2) is 0 Å². The molecule has 0 bridgehead atoms. The molecule has 1 aromatic carbocycles. The van der Waals surface area contributed by atoms with Gasteiger partial charge in [0, 0.05) is 24.3 Å². The lowest BCUT2D eigenvalue weighted by molar-refractivity contribution is -0.121. The largest absolute Gasteiger partial charge is 0.366 e. The highest BCUT2D eigenvalue weighted by atomic mass is 32.2. The van der Waals surface area contributed by atoms with E-state index in [1.165, 1.54) is 28.6 Å². The van der Waals surface area contributed by atoms with E-state index in [4.69, 9.17) is 12.2 Å². The van der Waals surface area contributed by atoms with E-state index in [9.17, 15) is 4.79 Å². The predicted octanol–water partition coefficient (Wildman–Crippen LogP) is 5.49. The zero-order valence-electron chi connectivity index (χ0n) is 16.8. The zero-order chi connectivity index (χ0) is 19.9. The molecule has 1 aromatic rings. The fourth-order valence-corrected chi connectivity index (χ4v) is 5.60. The monoisotopic (exact) mass is 400 g/mol. The molecule has 1 amide bonds. The molecule has 3 rings (SSSR count). The van der Waals surface area contributed by atoms with Crippen molar-refractivity contribution in [2.45, 2.75) is 52.5 Å². The van der Waals surface area contributed by atoms with Gasteiger partial charge in [-0.3, -0.25) is 9.69 Å². The van der Waals surface area contributed by atoms with E-state index < -0.39 is 0 Å². The Bertz CT molecular complexity index is 841. The van der Waals surface area contributed by atoms with Crippen LogP contribution in [0.25, 0.3) is 6.08 Å². The molecule has 2 heterocycles. The van der Waals surface area contributed by atoms with E-state index in [1.807, 2.05) is 6.08 Å². The van der Waals surface area contributed by atoms with Gasteiger partial charge in [-0.2, -0.15) is 0 Å². The van der Waals surface area contributed by atoms with Gasteiger partial charge in [-0.05, 0) is 74.9 Å². The van der Waals surface area contributed by atoms with Crippen molar-refractivity contribution < 1.29 is 4.79 Å². The molecular formula is C22H28N2OS2. The number of carbonyl (C=O) groups is 1. The third-order valence-corrected chi connectivity index (χ3v) is 6.94. The lowest BCUT2D eigenvalue weighted by Gasteiger charge is -2.47. The van der Waals surface area contributed by atoms with E-state index in [1.54, 1.807) is 11.0 Å². The smallest absolute Gasteiger partial charge is 0.266 e. The Morgan fingerprint density at radius 1 is 1.41 bits per heavy atom. The van der Waals surface area contributed by atoms with Crippen LogP contribution >= 0.6 is 24.0 Å². The average molecular weight is 401 g/mol. The molecule has 1 unspecified atom stereocenters. The molecule has 0 saturated carbocycles. The van der Waals surface area contributed by atoms with E-state index in [0.717, 1.165) is 18.5 Å². The molecule has 3 nitrogen and oxygen atoms in total. The van der Waals surface area contributed by atoms with Gasteiger partial charge in [0.2, 0.25) is 0 Å². The summed E-state index contributed by atoms with van der Waals surface area (Å²) in [5.41, 5.74) is 5.15. The van der Waals surface area contributed by atoms with Crippen LogP contribution in [0.5, 0.6) is 0 Å². The number of aryl methyl sites for hydroxylation is 1. The highest BCUT2D eigenvalue weighted by molar-refractivity contribution is 8.26. The summed E-state index contributed by atoms with van der Waals surface area (Å²) in [5.74, 6) is 0.465. The fourth-order valence-electron chi connectivity index (χ4n) is 4.33. The molecule has 0 N–H and O–H groups in total. The van der Waals surface area contributed by atoms with Crippen LogP contribution in [0.1, 0.15) is 56.7 Å². The second-order valence-electron chi connectivity index (χ2n) is 8.01. The highest BCUT2D eigenvalue weighted by Gasteiger charge is 2.36. The maximum atomic E-state index is 12.7. The minimum Gasteiger partial charge on any atom is -0.366 e. The van der Waals surface area contributed by atoms with Crippen LogP contribution in [0.15, 0.2) is 29.7 Å². The Morgan fingerprint density at radius 3 is 2.74 bits per heavy atom. The molecule has 2 aliphatic heterocycles. The molecular weight excluding hydrogens is 372 g/mol. The van der Waals surface area contributed by atoms with Crippen molar-refractivity contribution in [3.8, 4) is 0 Å². The molecule has 144 valence electrons. The van der Waals surface area contributed by atoms with Crippen LogP contribution in [-0.4, -0.2) is 33.8 Å². The van der Waals surface area contributed by atoms with Gasteiger partial charge in [-0.15, -0.1) is 6.58 Å². The molecule has 0 spiro atoms. The molecule has 1 atom stereocenters. The van der Waals surface area contributed by atoms with E-state index in [-0.39, 0.29) is 11.4 Å². The van der Waals surface area contributed by atoms with Crippen molar-refractivity contribution in [1.82, 2.24) is 4.90 Å². The molecule has 5 heteroatoms. The number of rotatable bonds is 4. The first kappa shape index (κ1) is 20.2. The molecule has 1 saturated heterocycles. The third-order valence-electron chi connectivity index (χ3n) is 5.56. The number of carbonyl (C=O) groups excluding carboxylic acids is 1. The van der Waals surface area contributed by atoms with Crippen molar-refractivity contribution >= 4 is 46.0 Å². The number of hydrogen-bond acceptors (Lipinski definition) is 4. The summed E-state index contributed by atoms with van der Waals surface area (Å²) in [4.78, 5) is 17.5. The van der Waals surface area contributed by atoms with Crippen LogP contribution in [0.2, 0.25) is 0 Å². The van der Waals surface area contributed by atoms with Gasteiger partial charge in [-0.1, -0.05) is 37.0 Å². The summed E-state index contributed by atoms with van der Waals surface area (Å²) in [6, 6.07) is 4.56. The van der Waals surface area contributed by atoms with Crippen molar-refractivity contribution in [1.29, 1.82) is 0 Å². The first-order valence-electron chi connectivity index (χ1n) is 9.48. The number of benzene rings is 1. The number of nitrogens with zero attached hydrogens (tertiary/aromatic N) is 2. The molecule has 0 aliphatic carbocycles. The first-order chi connectivity index (χ1) is 12.7. The van der Waals surface area contributed by atoms with Crippen LogP contribution in [-0.2, 0) is 4.79 Å². The summed E-state index contributed by atoms with van der Waals surface area (Å²) in [6.45, 7) is 16.5. The number of thiocarbonyl (C=S) groups is 1. The van der Waals surface area contributed by atoms with E-state index in [0.29, 0.717) is 21.7 Å².